The highest BCUT2D eigenvalue weighted by atomic mass is 32.2. The van der Waals surface area contributed by atoms with E-state index in [-0.39, 0.29) is 0 Å². The standard InChI is InChI=1S/C8H14OS/c1-9-10-8(4-5-8)6-7-2-3-7/h7H,2-6H2,1H3. The Morgan fingerprint density at radius 1 is 1.50 bits per heavy atom. The zero-order chi connectivity index (χ0) is 7.03. The van der Waals surface area contributed by atoms with Gasteiger partial charge < -0.3 is 4.18 Å². The second-order valence-electron chi connectivity index (χ2n) is 3.58. The molecular weight excluding hydrogens is 144 g/mol. The fourth-order valence-corrected chi connectivity index (χ4v) is 2.41. The maximum absolute atomic E-state index is 5.11. The van der Waals surface area contributed by atoms with Crippen molar-refractivity contribution in [1.82, 2.24) is 0 Å². The average Bonchev–Trinajstić information content (AvgIpc) is 2.73. The van der Waals surface area contributed by atoms with Crippen LogP contribution in [0.2, 0.25) is 0 Å². The van der Waals surface area contributed by atoms with Gasteiger partial charge in [0.05, 0.1) is 7.11 Å². The van der Waals surface area contributed by atoms with E-state index in [1.807, 2.05) is 0 Å². The van der Waals surface area contributed by atoms with Crippen molar-refractivity contribution >= 4 is 12.0 Å². The molecule has 2 aliphatic rings. The van der Waals surface area contributed by atoms with Crippen molar-refractivity contribution in [2.24, 2.45) is 5.92 Å². The van der Waals surface area contributed by atoms with Gasteiger partial charge in [-0.25, -0.2) is 0 Å². The first-order valence-corrected chi connectivity index (χ1v) is 4.81. The minimum absolute atomic E-state index is 0.579. The molecule has 2 aliphatic carbocycles. The maximum Gasteiger partial charge on any atom is 0.0503 e. The molecule has 0 aromatic carbocycles. The smallest absolute Gasteiger partial charge is 0.0503 e. The molecule has 0 N–H and O–H groups in total. The third-order valence-corrected chi connectivity index (χ3v) is 3.52. The number of hydrogen-bond acceptors (Lipinski definition) is 2. The Morgan fingerprint density at radius 3 is 2.60 bits per heavy atom. The van der Waals surface area contributed by atoms with E-state index in [9.17, 15) is 0 Å². The summed E-state index contributed by atoms with van der Waals surface area (Å²) in [7, 11) is 1.79. The van der Waals surface area contributed by atoms with Gasteiger partial charge in [-0.05, 0) is 37.2 Å². The molecule has 0 bridgehead atoms. The van der Waals surface area contributed by atoms with Crippen molar-refractivity contribution in [2.75, 3.05) is 7.11 Å². The highest BCUT2D eigenvalue weighted by Gasteiger charge is 2.47. The van der Waals surface area contributed by atoms with E-state index in [0.717, 1.165) is 5.92 Å². The summed E-state index contributed by atoms with van der Waals surface area (Å²) < 4.78 is 5.69. The second-order valence-corrected chi connectivity index (χ2v) is 4.95. The van der Waals surface area contributed by atoms with E-state index >= 15 is 0 Å². The Labute approximate surface area is 66.7 Å². The molecule has 0 unspecified atom stereocenters. The predicted octanol–water partition coefficient (Wildman–Crippen LogP) is 2.61. The topological polar surface area (TPSA) is 9.23 Å². The Morgan fingerprint density at radius 2 is 2.20 bits per heavy atom. The highest BCUT2D eigenvalue weighted by molar-refractivity contribution is 7.96. The van der Waals surface area contributed by atoms with E-state index in [1.165, 1.54) is 32.1 Å². The van der Waals surface area contributed by atoms with Gasteiger partial charge in [-0.15, -0.1) is 0 Å². The van der Waals surface area contributed by atoms with Crippen LogP contribution in [0.1, 0.15) is 32.1 Å². The minimum atomic E-state index is 0.579. The summed E-state index contributed by atoms with van der Waals surface area (Å²) in [6, 6.07) is 0. The van der Waals surface area contributed by atoms with Crippen molar-refractivity contribution in [3.8, 4) is 0 Å². The van der Waals surface area contributed by atoms with Gasteiger partial charge in [0.15, 0.2) is 0 Å². The van der Waals surface area contributed by atoms with E-state index in [2.05, 4.69) is 0 Å². The third-order valence-electron chi connectivity index (χ3n) is 2.43. The molecule has 0 aromatic heterocycles. The lowest BCUT2D eigenvalue weighted by Gasteiger charge is -2.10. The van der Waals surface area contributed by atoms with Crippen LogP contribution >= 0.6 is 12.0 Å². The van der Waals surface area contributed by atoms with Crippen molar-refractivity contribution in [3.05, 3.63) is 0 Å². The molecule has 0 atom stereocenters. The lowest BCUT2D eigenvalue weighted by Crippen LogP contribution is -2.03. The molecular formula is C8H14OS. The lowest BCUT2D eigenvalue weighted by atomic mass is 10.2. The van der Waals surface area contributed by atoms with E-state index in [1.54, 1.807) is 19.2 Å². The monoisotopic (exact) mass is 158 g/mol. The Bertz CT molecular complexity index is 127. The molecule has 1 nitrogen and oxygen atoms in total. The van der Waals surface area contributed by atoms with Gasteiger partial charge in [0, 0.05) is 4.75 Å². The fourth-order valence-electron chi connectivity index (χ4n) is 1.49. The summed E-state index contributed by atoms with van der Waals surface area (Å²) in [6.07, 6.45) is 7.16. The van der Waals surface area contributed by atoms with Crippen molar-refractivity contribution in [1.29, 1.82) is 0 Å². The van der Waals surface area contributed by atoms with Gasteiger partial charge in [-0.1, -0.05) is 12.8 Å². The summed E-state index contributed by atoms with van der Waals surface area (Å²) >= 11 is 1.71. The first-order chi connectivity index (χ1) is 4.85. The first kappa shape index (κ1) is 6.99. The third kappa shape index (κ3) is 1.48. The van der Waals surface area contributed by atoms with Gasteiger partial charge in [0.1, 0.15) is 0 Å². The number of hydrogen-bond donors (Lipinski definition) is 0. The van der Waals surface area contributed by atoms with Crippen LogP contribution in [0.25, 0.3) is 0 Å². The summed E-state index contributed by atoms with van der Waals surface area (Å²) in [6.45, 7) is 0. The molecule has 2 fully saturated rings. The van der Waals surface area contributed by atoms with Crippen LogP contribution < -0.4 is 0 Å². The van der Waals surface area contributed by atoms with Crippen LogP contribution in [-0.2, 0) is 4.18 Å². The molecule has 0 aromatic rings. The van der Waals surface area contributed by atoms with Crippen LogP contribution in [-0.4, -0.2) is 11.9 Å². The van der Waals surface area contributed by atoms with Gasteiger partial charge in [0.2, 0.25) is 0 Å². The molecule has 0 saturated heterocycles. The minimum Gasteiger partial charge on any atom is -0.318 e. The molecule has 0 spiro atoms. The quantitative estimate of drug-likeness (QED) is 0.582. The summed E-state index contributed by atoms with van der Waals surface area (Å²) in [4.78, 5) is 0. The Hall–Kier alpha value is 0.310. The molecule has 0 amide bonds. The first-order valence-electron chi connectivity index (χ1n) is 4.06. The molecule has 2 saturated carbocycles. The van der Waals surface area contributed by atoms with Crippen LogP contribution in [0.3, 0.4) is 0 Å². The second kappa shape index (κ2) is 2.42. The molecule has 2 rings (SSSR count). The fraction of sp³-hybridized carbons (Fsp3) is 1.00. The van der Waals surface area contributed by atoms with E-state index in [4.69, 9.17) is 4.18 Å². The van der Waals surface area contributed by atoms with Gasteiger partial charge >= 0.3 is 0 Å². The van der Waals surface area contributed by atoms with Gasteiger partial charge in [0.25, 0.3) is 0 Å². The Kier molecular flexibility index (Phi) is 1.69. The molecule has 58 valence electrons. The predicted molar refractivity (Wildman–Crippen MR) is 43.9 cm³/mol. The zero-order valence-corrected chi connectivity index (χ0v) is 7.25. The van der Waals surface area contributed by atoms with Crippen LogP contribution in [0, 0.1) is 5.92 Å². The van der Waals surface area contributed by atoms with Crippen molar-refractivity contribution < 1.29 is 4.18 Å². The molecule has 10 heavy (non-hydrogen) atoms. The van der Waals surface area contributed by atoms with Crippen molar-refractivity contribution in [2.45, 2.75) is 36.9 Å². The molecule has 0 aliphatic heterocycles. The normalized spacial score (nSPS) is 28.5. The van der Waals surface area contributed by atoms with Gasteiger partial charge in [-0.3, -0.25) is 0 Å². The zero-order valence-electron chi connectivity index (χ0n) is 6.43. The maximum atomic E-state index is 5.11. The number of rotatable bonds is 4. The lowest BCUT2D eigenvalue weighted by molar-refractivity contribution is 0.476. The van der Waals surface area contributed by atoms with Crippen molar-refractivity contribution in [3.63, 3.8) is 0 Å². The van der Waals surface area contributed by atoms with E-state index < -0.39 is 0 Å². The summed E-state index contributed by atoms with van der Waals surface area (Å²) in [5, 5.41) is 0. The van der Waals surface area contributed by atoms with Crippen LogP contribution in [0.5, 0.6) is 0 Å². The summed E-state index contributed by atoms with van der Waals surface area (Å²) in [5.74, 6) is 1.06. The molecule has 0 heterocycles. The van der Waals surface area contributed by atoms with Crippen LogP contribution in [0.4, 0.5) is 0 Å². The molecule has 2 heteroatoms. The SMILES string of the molecule is COSC1(CC2CC2)CC1. The Balaban J connectivity index is 1.76. The largest absolute Gasteiger partial charge is 0.318 e. The molecule has 0 radical (unpaired) electrons. The van der Waals surface area contributed by atoms with E-state index in [0.29, 0.717) is 4.75 Å². The highest BCUT2D eigenvalue weighted by Crippen LogP contribution is 2.56. The van der Waals surface area contributed by atoms with Crippen LogP contribution in [0.15, 0.2) is 0 Å². The summed E-state index contributed by atoms with van der Waals surface area (Å²) in [5.41, 5.74) is 0. The average molecular weight is 158 g/mol. The van der Waals surface area contributed by atoms with Gasteiger partial charge in [-0.2, -0.15) is 0 Å².